The summed E-state index contributed by atoms with van der Waals surface area (Å²) in [6.45, 7) is 6.81. The molecule has 0 amide bonds. The molecule has 0 bridgehead atoms. The zero-order valence-electron chi connectivity index (χ0n) is 11.6. The zero-order chi connectivity index (χ0) is 12.5. The molecule has 2 atom stereocenters. The molecule has 1 N–H and O–H groups in total. The summed E-state index contributed by atoms with van der Waals surface area (Å²) in [7, 11) is 0. The molecule has 1 aromatic rings. The molecule has 1 heteroatoms. The highest BCUT2D eigenvalue weighted by Gasteiger charge is 2.08. The average Bonchev–Trinajstić information content (AvgIpc) is 2.36. The minimum atomic E-state index is 0.456. The minimum absolute atomic E-state index is 0.456. The van der Waals surface area contributed by atoms with Crippen LogP contribution in [0.1, 0.15) is 64.5 Å². The van der Waals surface area contributed by atoms with Crippen LogP contribution in [0.3, 0.4) is 0 Å². The SMILES string of the molecule is CCCCCC[C@@H](C)N[C@H](C)c1ccccc1. The first-order valence-corrected chi connectivity index (χ1v) is 7.05. The molecule has 0 unspecified atom stereocenters. The first kappa shape index (κ1) is 14.2. The molecule has 0 saturated heterocycles. The van der Waals surface area contributed by atoms with Crippen molar-refractivity contribution >= 4 is 0 Å². The van der Waals surface area contributed by atoms with Crippen molar-refractivity contribution in [3.8, 4) is 0 Å². The second kappa shape index (κ2) is 8.30. The van der Waals surface area contributed by atoms with Crippen LogP contribution in [-0.2, 0) is 0 Å². The average molecular weight is 233 g/mol. The predicted octanol–water partition coefficient (Wildman–Crippen LogP) is 4.70. The lowest BCUT2D eigenvalue weighted by Crippen LogP contribution is -2.28. The van der Waals surface area contributed by atoms with E-state index in [2.05, 4.69) is 56.4 Å². The van der Waals surface area contributed by atoms with Crippen LogP contribution in [-0.4, -0.2) is 6.04 Å². The van der Waals surface area contributed by atoms with Gasteiger partial charge >= 0.3 is 0 Å². The third-order valence-electron chi connectivity index (χ3n) is 3.32. The van der Waals surface area contributed by atoms with Gasteiger partial charge in [-0.25, -0.2) is 0 Å². The summed E-state index contributed by atoms with van der Waals surface area (Å²) in [6.07, 6.45) is 6.71. The van der Waals surface area contributed by atoms with E-state index in [-0.39, 0.29) is 0 Å². The largest absolute Gasteiger partial charge is 0.308 e. The quantitative estimate of drug-likeness (QED) is 0.642. The molecule has 1 aromatic carbocycles. The van der Waals surface area contributed by atoms with Crippen LogP contribution in [0.15, 0.2) is 30.3 Å². The second-order valence-electron chi connectivity index (χ2n) is 5.05. The second-order valence-corrected chi connectivity index (χ2v) is 5.05. The van der Waals surface area contributed by atoms with Crippen LogP contribution >= 0.6 is 0 Å². The molecule has 0 aliphatic heterocycles. The van der Waals surface area contributed by atoms with Gasteiger partial charge in [0.1, 0.15) is 0 Å². The summed E-state index contributed by atoms with van der Waals surface area (Å²) in [5.41, 5.74) is 1.38. The third kappa shape index (κ3) is 5.88. The van der Waals surface area contributed by atoms with Crippen LogP contribution in [0.4, 0.5) is 0 Å². The normalized spacial score (nSPS) is 14.5. The molecule has 0 fully saturated rings. The summed E-state index contributed by atoms with van der Waals surface area (Å²) in [6, 6.07) is 11.8. The lowest BCUT2D eigenvalue weighted by molar-refractivity contribution is 0.438. The maximum Gasteiger partial charge on any atom is 0.0294 e. The zero-order valence-corrected chi connectivity index (χ0v) is 11.6. The Labute approximate surface area is 107 Å². The van der Waals surface area contributed by atoms with E-state index in [0.717, 1.165) is 0 Å². The van der Waals surface area contributed by atoms with Crippen molar-refractivity contribution in [1.82, 2.24) is 5.32 Å². The molecular weight excluding hydrogens is 206 g/mol. The number of rotatable bonds is 8. The highest BCUT2D eigenvalue weighted by Crippen LogP contribution is 2.14. The Bertz CT molecular complexity index is 281. The molecule has 0 radical (unpaired) electrons. The molecule has 0 aromatic heterocycles. The van der Waals surface area contributed by atoms with Crippen molar-refractivity contribution in [3.05, 3.63) is 35.9 Å². The van der Waals surface area contributed by atoms with E-state index in [0.29, 0.717) is 12.1 Å². The van der Waals surface area contributed by atoms with Crippen LogP contribution in [0.2, 0.25) is 0 Å². The Balaban J connectivity index is 2.24. The highest BCUT2D eigenvalue weighted by atomic mass is 14.9. The lowest BCUT2D eigenvalue weighted by atomic mass is 10.0. The van der Waals surface area contributed by atoms with Crippen molar-refractivity contribution in [2.45, 2.75) is 65.0 Å². The highest BCUT2D eigenvalue weighted by molar-refractivity contribution is 5.18. The minimum Gasteiger partial charge on any atom is -0.308 e. The number of hydrogen-bond donors (Lipinski definition) is 1. The molecule has 1 rings (SSSR count). The monoisotopic (exact) mass is 233 g/mol. The van der Waals surface area contributed by atoms with Gasteiger partial charge in [-0.2, -0.15) is 0 Å². The van der Waals surface area contributed by atoms with Gasteiger partial charge in [0.15, 0.2) is 0 Å². The third-order valence-corrected chi connectivity index (χ3v) is 3.32. The van der Waals surface area contributed by atoms with E-state index < -0.39 is 0 Å². The van der Waals surface area contributed by atoms with Crippen molar-refractivity contribution < 1.29 is 0 Å². The van der Waals surface area contributed by atoms with Gasteiger partial charge in [0, 0.05) is 12.1 Å². The number of nitrogens with one attached hydrogen (secondary N) is 1. The Hall–Kier alpha value is -0.820. The van der Waals surface area contributed by atoms with E-state index in [9.17, 15) is 0 Å². The molecule has 1 nitrogen and oxygen atoms in total. The van der Waals surface area contributed by atoms with Crippen LogP contribution < -0.4 is 5.32 Å². The fourth-order valence-corrected chi connectivity index (χ4v) is 2.23. The molecule has 0 aliphatic carbocycles. The first-order valence-electron chi connectivity index (χ1n) is 7.05. The van der Waals surface area contributed by atoms with Crippen molar-refractivity contribution in [2.75, 3.05) is 0 Å². The van der Waals surface area contributed by atoms with Crippen molar-refractivity contribution in [3.63, 3.8) is 0 Å². The summed E-state index contributed by atoms with van der Waals surface area (Å²) in [5.74, 6) is 0. The standard InChI is InChI=1S/C16H27N/c1-4-5-6-8-11-14(2)17-15(3)16-12-9-7-10-13-16/h7,9-10,12-15,17H,4-6,8,11H2,1-3H3/t14-,15-/m1/s1. The van der Waals surface area contributed by atoms with Crippen molar-refractivity contribution in [2.24, 2.45) is 0 Å². The maximum atomic E-state index is 3.67. The van der Waals surface area contributed by atoms with Gasteiger partial charge in [-0.3, -0.25) is 0 Å². The maximum absolute atomic E-state index is 3.67. The Morgan fingerprint density at radius 1 is 1.00 bits per heavy atom. The Morgan fingerprint density at radius 3 is 2.35 bits per heavy atom. The van der Waals surface area contributed by atoms with E-state index in [1.54, 1.807) is 0 Å². The fraction of sp³-hybridized carbons (Fsp3) is 0.625. The molecule has 0 saturated carbocycles. The van der Waals surface area contributed by atoms with Gasteiger partial charge in [-0.1, -0.05) is 62.9 Å². The Kier molecular flexibility index (Phi) is 6.95. The smallest absolute Gasteiger partial charge is 0.0294 e. The van der Waals surface area contributed by atoms with Crippen molar-refractivity contribution in [1.29, 1.82) is 0 Å². The van der Waals surface area contributed by atoms with Gasteiger partial charge in [0.2, 0.25) is 0 Å². The molecular formula is C16H27N. The first-order chi connectivity index (χ1) is 8.24. The molecule has 0 heterocycles. The molecule has 96 valence electrons. The fourth-order valence-electron chi connectivity index (χ4n) is 2.23. The summed E-state index contributed by atoms with van der Waals surface area (Å²) in [5, 5.41) is 3.67. The molecule has 0 spiro atoms. The topological polar surface area (TPSA) is 12.0 Å². The van der Waals surface area contributed by atoms with Gasteiger partial charge in [0.25, 0.3) is 0 Å². The van der Waals surface area contributed by atoms with Crippen LogP contribution in [0.5, 0.6) is 0 Å². The predicted molar refractivity (Wildman–Crippen MR) is 76.2 cm³/mol. The Morgan fingerprint density at radius 2 is 1.71 bits per heavy atom. The van der Waals surface area contributed by atoms with E-state index in [1.165, 1.54) is 37.7 Å². The lowest BCUT2D eigenvalue weighted by Gasteiger charge is -2.20. The van der Waals surface area contributed by atoms with E-state index >= 15 is 0 Å². The van der Waals surface area contributed by atoms with Gasteiger partial charge in [0.05, 0.1) is 0 Å². The van der Waals surface area contributed by atoms with Crippen LogP contribution in [0.25, 0.3) is 0 Å². The summed E-state index contributed by atoms with van der Waals surface area (Å²) in [4.78, 5) is 0. The number of benzene rings is 1. The van der Waals surface area contributed by atoms with E-state index in [4.69, 9.17) is 0 Å². The summed E-state index contributed by atoms with van der Waals surface area (Å²) < 4.78 is 0. The van der Waals surface area contributed by atoms with E-state index in [1.807, 2.05) is 0 Å². The number of hydrogen-bond acceptors (Lipinski definition) is 1. The van der Waals surface area contributed by atoms with Gasteiger partial charge in [-0.15, -0.1) is 0 Å². The van der Waals surface area contributed by atoms with Gasteiger partial charge < -0.3 is 5.32 Å². The molecule has 17 heavy (non-hydrogen) atoms. The molecule has 0 aliphatic rings. The van der Waals surface area contributed by atoms with Gasteiger partial charge in [-0.05, 0) is 25.8 Å². The van der Waals surface area contributed by atoms with Crippen LogP contribution in [0, 0.1) is 0 Å². The number of unbranched alkanes of at least 4 members (excludes halogenated alkanes) is 3. The summed E-state index contributed by atoms with van der Waals surface area (Å²) >= 11 is 0.